The van der Waals surface area contributed by atoms with Crippen molar-refractivity contribution in [3.63, 3.8) is 0 Å². The Morgan fingerprint density at radius 1 is 1.17 bits per heavy atom. The van der Waals surface area contributed by atoms with E-state index in [0.717, 1.165) is 58.9 Å². The molecule has 170 valence electrons. The van der Waals surface area contributed by atoms with Crippen molar-refractivity contribution in [1.29, 1.82) is 0 Å². The number of piperazine rings is 1. The third-order valence-corrected chi connectivity index (χ3v) is 7.34. The van der Waals surface area contributed by atoms with Crippen molar-refractivity contribution < 1.29 is 13.9 Å². The smallest absolute Gasteiger partial charge is 0.229 e. The van der Waals surface area contributed by atoms with E-state index in [1.165, 1.54) is 0 Å². The van der Waals surface area contributed by atoms with Crippen molar-refractivity contribution in [2.45, 2.75) is 43.0 Å². The number of piperidine rings is 1. The van der Waals surface area contributed by atoms with Crippen LogP contribution in [0.5, 0.6) is 0 Å². The number of alkyl halides is 1. The molecule has 5 heterocycles. The number of nitrogens with zero attached hydrogens (tertiary/aromatic N) is 3. The minimum atomic E-state index is -0.961. The van der Waals surface area contributed by atoms with Crippen LogP contribution in [0.1, 0.15) is 6.42 Å². The van der Waals surface area contributed by atoms with E-state index < -0.39 is 18.3 Å². The van der Waals surface area contributed by atoms with Gasteiger partial charge in [0, 0.05) is 57.9 Å². The Bertz CT molecular complexity index is 629. The second kappa shape index (κ2) is 8.91. The van der Waals surface area contributed by atoms with Crippen molar-refractivity contribution >= 4 is 5.91 Å². The number of morpholine rings is 1. The van der Waals surface area contributed by atoms with Crippen LogP contribution >= 0.6 is 0 Å². The van der Waals surface area contributed by atoms with Gasteiger partial charge in [-0.25, -0.2) is 14.8 Å². The van der Waals surface area contributed by atoms with E-state index in [1.54, 1.807) is 5.01 Å². The molecular formula is C19H35FN8O2. The quantitative estimate of drug-likeness (QED) is 0.319. The van der Waals surface area contributed by atoms with Crippen LogP contribution < -0.4 is 27.1 Å². The minimum Gasteiger partial charge on any atom is -0.378 e. The van der Waals surface area contributed by atoms with Gasteiger partial charge in [0.15, 0.2) is 0 Å². The van der Waals surface area contributed by atoms with Crippen LogP contribution in [0.3, 0.4) is 0 Å². The number of nitrogens with two attached hydrogens (primary N) is 1. The molecule has 7 atom stereocenters. The molecule has 6 N–H and O–H groups in total. The van der Waals surface area contributed by atoms with E-state index in [0.29, 0.717) is 12.1 Å². The van der Waals surface area contributed by atoms with Gasteiger partial charge in [0.05, 0.1) is 37.5 Å². The lowest BCUT2D eigenvalue weighted by molar-refractivity contribution is -0.128. The summed E-state index contributed by atoms with van der Waals surface area (Å²) in [5, 5.41) is 11.6. The normalized spacial score (nSPS) is 43.7. The van der Waals surface area contributed by atoms with Gasteiger partial charge in [0.25, 0.3) is 0 Å². The SMILES string of the molecule is NC1NN2CC(F)CNC2C1C(=O)NC1CNCCC1N1CCN2CCOCC2C1. The second-order valence-electron chi connectivity index (χ2n) is 9.22. The van der Waals surface area contributed by atoms with Crippen molar-refractivity contribution in [3.05, 3.63) is 0 Å². The summed E-state index contributed by atoms with van der Waals surface area (Å²) in [6.45, 7) is 7.90. The summed E-state index contributed by atoms with van der Waals surface area (Å²) in [6, 6.07) is 0.774. The number of halogens is 1. The standard InChI is InChI=1S/C19H35FN8O2/c20-12-7-23-18-16(17(21)25-28(18)9-12)19(29)24-14-8-22-2-1-15(14)27-4-3-26-5-6-30-11-13(26)10-27/h12-18,22-23,25H,1-11,21H2,(H,24,29). The molecule has 0 saturated carbocycles. The Morgan fingerprint density at radius 2 is 2.03 bits per heavy atom. The lowest BCUT2D eigenvalue weighted by Gasteiger charge is -2.49. The summed E-state index contributed by atoms with van der Waals surface area (Å²) in [7, 11) is 0. The first-order valence-electron chi connectivity index (χ1n) is 11.3. The number of fused-ring (bicyclic) bond motifs is 2. The molecule has 7 unspecified atom stereocenters. The monoisotopic (exact) mass is 426 g/mol. The Morgan fingerprint density at radius 3 is 2.93 bits per heavy atom. The minimum absolute atomic E-state index is 0.0288. The van der Waals surface area contributed by atoms with Gasteiger partial charge in [-0.15, -0.1) is 0 Å². The van der Waals surface area contributed by atoms with Crippen molar-refractivity contribution in [2.75, 3.05) is 65.6 Å². The molecule has 5 saturated heterocycles. The average Bonchev–Trinajstić information content (AvgIpc) is 3.08. The molecule has 30 heavy (non-hydrogen) atoms. The second-order valence-corrected chi connectivity index (χ2v) is 9.22. The van der Waals surface area contributed by atoms with Crippen LogP contribution in [-0.2, 0) is 9.53 Å². The fourth-order valence-electron chi connectivity index (χ4n) is 5.76. The molecule has 5 fully saturated rings. The van der Waals surface area contributed by atoms with Crippen molar-refractivity contribution in [1.82, 2.24) is 36.2 Å². The molecule has 0 aliphatic carbocycles. The van der Waals surface area contributed by atoms with E-state index in [9.17, 15) is 9.18 Å². The van der Waals surface area contributed by atoms with Crippen LogP contribution in [0, 0.1) is 5.92 Å². The van der Waals surface area contributed by atoms with Crippen molar-refractivity contribution in [3.8, 4) is 0 Å². The first kappa shape index (κ1) is 21.0. The highest BCUT2D eigenvalue weighted by molar-refractivity contribution is 5.81. The first-order chi connectivity index (χ1) is 14.6. The van der Waals surface area contributed by atoms with E-state index in [2.05, 4.69) is 31.2 Å². The molecule has 0 spiro atoms. The number of hydrogen-bond acceptors (Lipinski definition) is 9. The van der Waals surface area contributed by atoms with Gasteiger partial charge in [-0.2, -0.15) is 0 Å². The zero-order valence-electron chi connectivity index (χ0n) is 17.4. The summed E-state index contributed by atoms with van der Waals surface area (Å²) in [4.78, 5) is 18.3. The highest BCUT2D eigenvalue weighted by Gasteiger charge is 2.48. The molecule has 0 bridgehead atoms. The fraction of sp³-hybridized carbons (Fsp3) is 0.947. The third-order valence-electron chi connectivity index (χ3n) is 7.34. The maximum atomic E-state index is 13.7. The van der Waals surface area contributed by atoms with Gasteiger partial charge < -0.3 is 21.1 Å². The van der Waals surface area contributed by atoms with E-state index in [1.807, 2.05) is 0 Å². The molecule has 5 aliphatic heterocycles. The molecule has 11 heteroatoms. The van der Waals surface area contributed by atoms with Gasteiger partial charge in [-0.3, -0.25) is 19.9 Å². The summed E-state index contributed by atoms with van der Waals surface area (Å²) in [6.07, 6.45) is -0.752. The number of ether oxygens (including phenoxy) is 1. The Kier molecular flexibility index (Phi) is 6.22. The number of carbonyl (C=O) groups excluding carboxylic acids is 1. The molecule has 10 nitrogen and oxygen atoms in total. The van der Waals surface area contributed by atoms with Crippen LogP contribution in [0.4, 0.5) is 4.39 Å². The molecule has 0 radical (unpaired) electrons. The molecule has 5 aliphatic rings. The van der Waals surface area contributed by atoms with Gasteiger partial charge >= 0.3 is 0 Å². The zero-order valence-corrected chi connectivity index (χ0v) is 17.4. The van der Waals surface area contributed by atoms with Gasteiger partial charge in [-0.1, -0.05) is 0 Å². The number of nitrogens with one attached hydrogen (secondary N) is 4. The summed E-state index contributed by atoms with van der Waals surface area (Å²) < 4.78 is 19.4. The molecule has 5 rings (SSSR count). The number of carbonyl (C=O) groups is 1. The average molecular weight is 427 g/mol. The first-order valence-corrected chi connectivity index (χ1v) is 11.3. The highest BCUT2D eigenvalue weighted by Crippen LogP contribution is 2.24. The number of amides is 1. The largest absolute Gasteiger partial charge is 0.378 e. The summed E-state index contributed by atoms with van der Waals surface area (Å²) in [5.41, 5.74) is 9.28. The predicted octanol–water partition coefficient (Wildman–Crippen LogP) is -3.16. The van der Waals surface area contributed by atoms with Gasteiger partial charge in [0.2, 0.25) is 5.91 Å². The topological polar surface area (TPSA) is 110 Å². The highest BCUT2D eigenvalue weighted by atomic mass is 19.1. The van der Waals surface area contributed by atoms with Crippen molar-refractivity contribution in [2.24, 2.45) is 11.7 Å². The van der Waals surface area contributed by atoms with Crippen LogP contribution in [0.2, 0.25) is 0 Å². The number of hydrazine groups is 1. The molecule has 0 aromatic carbocycles. The molecular weight excluding hydrogens is 391 g/mol. The zero-order chi connectivity index (χ0) is 20.7. The van der Waals surface area contributed by atoms with Crippen LogP contribution in [0.25, 0.3) is 0 Å². The summed E-state index contributed by atoms with van der Waals surface area (Å²) in [5.74, 6) is -0.519. The Labute approximate surface area is 177 Å². The number of hydrogen-bond donors (Lipinski definition) is 5. The number of rotatable bonds is 3. The third kappa shape index (κ3) is 4.09. The lowest BCUT2D eigenvalue weighted by atomic mass is 9.95. The molecule has 1 amide bonds. The van der Waals surface area contributed by atoms with E-state index in [4.69, 9.17) is 10.5 Å². The summed E-state index contributed by atoms with van der Waals surface area (Å²) >= 11 is 0. The lowest BCUT2D eigenvalue weighted by Crippen LogP contribution is -2.67. The molecule has 0 aromatic rings. The maximum Gasteiger partial charge on any atom is 0.229 e. The van der Waals surface area contributed by atoms with Gasteiger partial charge in [0.1, 0.15) is 6.17 Å². The van der Waals surface area contributed by atoms with Crippen LogP contribution in [0.15, 0.2) is 0 Å². The predicted molar refractivity (Wildman–Crippen MR) is 109 cm³/mol. The maximum absolute atomic E-state index is 13.7. The Balaban J connectivity index is 1.23. The van der Waals surface area contributed by atoms with Crippen LogP contribution in [-0.4, -0.2) is 123 Å². The van der Waals surface area contributed by atoms with E-state index in [-0.39, 0.29) is 31.2 Å². The fourth-order valence-corrected chi connectivity index (χ4v) is 5.76. The molecule has 0 aromatic heterocycles. The van der Waals surface area contributed by atoms with Gasteiger partial charge in [-0.05, 0) is 13.0 Å². The Hall–Kier alpha value is -0.920. The van der Waals surface area contributed by atoms with E-state index >= 15 is 0 Å².